The maximum absolute atomic E-state index is 12.8. The zero-order valence-corrected chi connectivity index (χ0v) is 26.4. The van der Waals surface area contributed by atoms with Crippen molar-refractivity contribution in [3.8, 4) is 0 Å². The normalized spacial score (nSPS) is 18.3. The van der Waals surface area contributed by atoms with Gasteiger partial charge in [0.2, 0.25) is 0 Å². The second-order valence-electron chi connectivity index (χ2n) is 11.6. The van der Waals surface area contributed by atoms with Crippen LogP contribution in [0, 0.1) is 0 Å². The second-order valence-corrected chi connectivity index (χ2v) is 13.7. The van der Waals surface area contributed by atoms with Gasteiger partial charge in [-0.3, -0.25) is 4.79 Å². The van der Waals surface area contributed by atoms with Crippen molar-refractivity contribution in [3.05, 3.63) is 91.0 Å². The topological polar surface area (TPSA) is 71.1 Å². The highest BCUT2D eigenvalue weighted by Gasteiger charge is 2.40. The molecule has 232 valence electrons. The van der Waals surface area contributed by atoms with Crippen molar-refractivity contribution in [2.45, 2.75) is 98.6 Å². The number of hydrogen-bond donors (Lipinski definition) is 0. The number of ether oxygens (including phenoxy) is 4. The summed E-state index contributed by atoms with van der Waals surface area (Å²) in [5, 5.41) is 0. The summed E-state index contributed by atoms with van der Waals surface area (Å²) in [7, 11) is -0.0146. The molecule has 0 spiro atoms. The number of alkyl halides is 2. The third kappa shape index (κ3) is 11.7. The quantitative estimate of drug-likeness (QED) is 0.192. The zero-order chi connectivity index (χ0) is 31.7. The van der Waals surface area contributed by atoms with Crippen LogP contribution in [0.3, 0.4) is 0 Å². The average molecular weight is 616 g/mol. The smallest absolute Gasteiger partial charge is 0.376 e. The molecule has 0 aliphatic carbocycles. The summed E-state index contributed by atoms with van der Waals surface area (Å²) in [6.07, 6.45) is -0.939. The molecule has 1 saturated heterocycles. The van der Waals surface area contributed by atoms with Crippen molar-refractivity contribution in [1.82, 2.24) is 0 Å². The van der Waals surface area contributed by atoms with E-state index in [2.05, 4.69) is 95.7 Å². The molecular weight excluding hydrogens is 574 g/mol. The van der Waals surface area contributed by atoms with Crippen LogP contribution >= 0.6 is 0 Å². The van der Waals surface area contributed by atoms with E-state index in [4.69, 9.17) is 14.2 Å². The molecule has 0 bridgehead atoms. The van der Waals surface area contributed by atoms with Crippen LogP contribution in [0.1, 0.15) is 54.4 Å². The van der Waals surface area contributed by atoms with Crippen molar-refractivity contribution in [1.29, 1.82) is 0 Å². The minimum Gasteiger partial charge on any atom is -0.460 e. The maximum Gasteiger partial charge on any atom is 0.376 e. The summed E-state index contributed by atoms with van der Waals surface area (Å²) in [5.41, 5.74) is -0.612. The summed E-state index contributed by atoms with van der Waals surface area (Å²) in [6.45, 7) is 8.68. The van der Waals surface area contributed by atoms with Crippen LogP contribution < -0.4 is 0 Å². The highest BCUT2D eigenvalue weighted by atomic mass is 32.2. The summed E-state index contributed by atoms with van der Waals surface area (Å²) in [5.74, 6) is -6.63. The van der Waals surface area contributed by atoms with Crippen LogP contribution in [0.5, 0.6) is 0 Å². The monoisotopic (exact) mass is 615 g/mol. The molecule has 2 atom stereocenters. The molecule has 2 unspecified atom stereocenters. The summed E-state index contributed by atoms with van der Waals surface area (Å²) in [6, 6.07) is 32.2. The van der Waals surface area contributed by atoms with E-state index < -0.39 is 41.5 Å². The molecule has 3 aromatic carbocycles. The van der Waals surface area contributed by atoms with E-state index in [1.54, 1.807) is 34.6 Å². The molecule has 1 heterocycles. The number of hydrogen-bond acceptors (Lipinski definition) is 6. The summed E-state index contributed by atoms with van der Waals surface area (Å²) in [4.78, 5) is 27.1. The Labute approximate surface area is 256 Å². The van der Waals surface area contributed by atoms with Gasteiger partial charge in [0.1, 0.15) is 12.2 Å². The van der Waals surface area contributed by atoms with Crippen LogP contribution in [0.4, 0.5) is 8.78 Å². The van der Waals surface area contributed by atoms with E-state index in [-0.39, 0.29) is 30.3 Å². The number of benzene rings is 3. The van der Waals surface area contributed by atoms with Crippen molar-refractivity contribution in [3.63, 3.8) is 0 Å². The first kappa shape index (κ1) is 34.2. The first-order valence-electron chi connectivity index (χ1n) is 14.1. The molecule has 6 nitrogen and oxygen atoms in total. The van der Waals surface area contributed by atoms with Crippen LogP contribution in [-0.2, 0) is 39.4 Å². The highest BCUT2D eigenvalue weighted by Crippen LogP contribution is 2.31. The van der Waals surface area contributed by atoms with Gasteiger partial charge in [0.15, 0.2) is 20.5 Å². The SMILES string of the molecule is CC(C)(C)OC(=O)CC1CC(COC(=O)C(C)(F)F)OC(C)(C)O1.c1ccc([S+](c2ccccc2)c2ccccc2)cc1. The Morgan fingerprint density at radius 2 is 1.21 bits per heavy atom. The Hall–Kier alpha value is -3.27. The van der Waals surface area contributed by atoms with Crippen LogP contribution in [-0.4, -0.2) is 48.1 Å². The second kappa shape index (κ2) is 14.9. The lowest BCUT2D eigenvalue weighted by molar-refractivity contribution is -0.305. The Morgan fingerprint density at radius 1 is 0.791 bits per heavy atom. The van der Waals surface area contributed by atoms with Gasteiger partial charge in [-0.2, -0.15) is 8.78 Å². The number of rotatable bonds is 8. The summed E-state index contributed by atoms with van der Waals surface area (Å²) >= 11 is 0. The minimum atomic E-state index is -3.56. The van der Waals surface area contributed by atoms with Gasteiger partial charge in [-0.05, 0) is 71.0 Å². The first-order chi connectivity index (χ1) is 20.1. The van der Waals surface area contributed by atoms with Gasteiger partial charge in [0.05, 0.1) is 29.5 Å². The molecule has 0 aromatic heterocycles. The Morgan fingerprint density at radius 3 is 1.60 bits per heavy atom. The van der Waals surface area contributed by atoms with E-state index in [0.29, 0.717) is 6.92 Å². The number of halogens is 2. The Balaban J connectivity index is 0.000000241. The average Bonchev–Trinajstić information content (AvgIpc) is 2.91. The molecule has 1 aliphatic rings. The molecule has 0 radical (unpaired) electrons. The van der Waals surface area contributed by atoms with Crippen molar-refractivity contribution in [2.75, 3.05) is 6.61 Å². The fourth-order valence-corrected chi connectivity index (χ4v) is 6.49. The minimum absolute atomic E-state index is 0.00154. The lowest BCUT2D eigenvalue weighted by atomic mass is 10.1. The summed E-state index contributed by atoms with van der Waals surface area (Å²) < 4.78 is 46.7. The van der Waals surface area contributed by atoms with E-state index in [1.165, 1.54) is 14.7 Å². The fourth-order valence-electron chi connectivity index (χ4n) is 4.39. The molecule has 0 N–H and O–H groups in total. The number of esters is 2. The first-order valence-corrected chi connectivity index (χ1v) is 15.4. The number of carbonyl (C=O) groups excluding carboxylic acids is 2. The van der Waals surface area contributed by atoms with Crippen LogP contribution in [0.25, 0.3) is 0 Å². The van der Waals surface area contributed by atoms with Gasteiger partial charge in [0.25, 0.3) is 0 Å². The maximum atomic E-state index is 12.8. The zero-order valence-electron chi connectivity index (χ0n) is 25.5. The highest BCUT2D eigenvalue weighted by molar-refractivity contribution is 7.97. The third-order valence-electron chi connectivity index (χ3n) is 5.94. The van der Waals surface area contributed by atoms with Gasteiger partial charge >= 0.3 is 17.9 Å². The van der Waals surface area contributed by atoms with E-state index >= 15 is 0 Å². The van der Waals surface area contributed by atoms with E-state index in [1.807, 2.05) is 0 Å². The van der Waals surface area contributed by atoms with E-state index in [9.17, 15) is 18.4 Å². The van der Waals surface area contributed by atoms with Crippen LogP contribution in [0.2, 0.25) is 0 Å². The van der Waals surface area contributed by atoms with Gasteiger partial charge in [-0.25, -0.2) is 4.79 Å². The van der Waals surface area contributed by atoms with Crippen molar-refractivity contribution >= 4 is 22.8 Å². The van der Waals surface area contributed by atoms with Crippen molar-refractivity contribution in [2.24, 2.45) is 0 Å². The molecule has 4 rings (SSSR count). The lowest BCUT2D eigenvalue weighted by Gasteiger charge is -2.40. The molecule has 3 aromatic rings. The van der Waals surface area contributed by atoms with Gasteiger partial charge in [-0.15, -0.1) is 0 Å². The third-order valence-corrected chi connectivity index (χ3v) is 8.17. The Bertz CT molecular complexity index is 1200. The van der Waals surface area contributed by atoms with Crippen LogP contribution in [0.15, 0.2) is 106 Å². The fraction of sp³-hybridized carbons (Fsp3) is 0.412. The standard InChI is InChI=1S/C18H15S.C16H26F2O6/c1-4-10-16(11-5-1)19(17-12-6-2-7-13-17)18-14-8-3-9-15-18;1-14(2,3)24-12(19)8-10-7-11(23-15(4,5)22-10)9-21-13(20)16(6,17)18/h1-15H;10-11H,7-9H2,1-6H3/q+1;. The molecule has 0 saturated carbocycles. The van der Waals surface area contributed by atoms with Crippen molar-refractivity contribution < 1.29 is 37.3 Å². The van der Waals surface area contributed by atoms with Gasteiger partial charge in [0, 0.05) is 13.3 Å². The molecule has 0 amide bonds. The molecule has 43 heavy (non-hydrogen) atoms. The van der Waals surface area contributed by atoms with Gasteiger partial charge < -0.3 is 18.9 Å². The van der Waals surface area contributed by atoms with Gasteiger partial charge in [-0.1, -0.05) is 54.6 Å². The predicted molar refractivity (Wildman–Crippen MR) is 162 cm³/mol. The van der Waals surface area contributed by atoms with E-state index in [0.717, 1.165) is 0 Å². The predicted octanol–water partition coefficient (Wildman–Crippen LogP) is 7.61. The molecular formula is C34H41F2O6S+. The molecule has 1 aliphatic heterocycles. The Kier molecular flexibility index (Phi) is 11.9. The lowest BCUT2D eigenvalue weighted by Crippen LogP contribution is -2.47. The molecule has 1 fully saturated rings. The largest absolute Gasteiger partial charge is 0.460 e. The molecule has 9 heteroatoms. The number of carbonyl (C=O) groups is 2.